The Morgan fingerprint density at radius 1 is 1.29 bits per heavy atom. The van der Waals surface area contributed by atoms with Crippen LogP contribution in [-0.4, -0.2) is 31.3 Å². The van der Waals surface area contributed by atoms with Crippen molar-refractivity contribution in [3.63, 3.8) is 0 Å². The Balaban J connectivity index is 4.65. The van der Waals surface area contributed by atoms with E-state index in [-0.39, 0.29) is 0 Å². The van der Waals surface area contributed by atoms with Gasteiger partial charge >= 0.3 is 5.92 Å². The molecule has 0 aliphatic heterocycles. The molecular formula is C7H8F6O. The molecule has 84 valence electrons. The Hall–Kier alpha value is -0.880. The molecule has 0 radical (unpaired) electrons. The molecule has 0 aromatic rings. The fraction of sp³-hybridized carbons (Fsp3) is 0.714. The molecule has 2 atom stereocenters. The minimum absolute atomic E-state index is 0.364. The highest BCUT2D eigenvalue weighted by Gasteiger charge is 2.49. The van der Waals surface area contributed by atoms with E-state index in [4.69, 9.17) is 0 Å². The first-order valence-corrected chi connectivity index (χ1v) is 3.49. The van der Waals surface area contributed by atoms with Crippen molar-refractivity contribution < 1.29 is 31.1 Å². The van der Waals surface area contributed by atoms with Gasteiger partial charge in [-0.2, -0.15) is 8.78 Å². The van der Waals surface area contributed by atoms with Gasteiger partial charge in [0.05, 0.1) is 6.26 Å². The number of alkyl halides is 6. The van der Waals surface area contributed by atoms with Gasteiger partial charge < -0.3 is 4.74 Å². The van der Waals surface area contributed by atoms with Crippen molar-refractivity contribution in [3.8, 4) is 0 Å². The van der Waals surface area contributed by atoms with Crippen LogP contribution < -0.4 is 0 Å². The van der Waals surface area contributed by atoms with Crippen molar-refractivity contribution >= 4 is 0 Å². The summed E-state index contributed by atoms with van der Waals surface area (Å²) in [5, 5.41) is 0. The van der Waals surface area contributed by atoms with Crippen LogP contribution in [0.2, 0.25) is 0 Å². The predicted molar refractivity (Wildman–Crippen MR) is 36.9 cm³/mol. The molecule has 0 saturated carbocycles. The third-order valence-electron chi connectivity index (χ3n) is 1.37. The number of hydrogen-bond acceptors (Lipinski definition) is 1. The number of rotatable bonds is 6. The quantitative estimate of drug-likeness (QED) is 0.496. The summed E-state index contributed by atoms with van der Waals surface area (Å²) in [5.41, 5.74) is 0. The third kappa shape index (κ3) is 3.12. The largest absolute Gasteiger partial charge is 0.489 e. The summed E-state index contributed by atoms with van der Waals surface area (Å²) in [7, 11) is 0. The van der Waals surface area contributed by atoms with E-state index in [0.29, 0.717) is 6.26 Å². The molecule has 1 nitrogen and oxygen atoms in total. The van der Waals surface area contributed by atoms with Gasteiger partial charge in [0.25, 0.3) is 6.43 Å². The van der Waals surface area contributed by atoms with Crippen molar-refractivity contribution in [1.29, 1.82) is 0 Å². The molecule has 0 aromatic heterocycles. The molecule has 0 heterocycles. The van der Waals surface area contributed by atoms with Gasteiger partial charge in [0, 0.05) is 0 Å². The molecule has 0 aliphatic carbocycles. The molecule has 2 unspecified atom stereocenters. The van der Waals surface area contributed by atoms with Gasteiger partial charge in [-0.15, -0.1) is 0 Å². The van der Waals surface area contributed by atoms with Gasteiger partial charge in [-0.1, -0.05) is 6.58 Å². The van der Waals surface area contributed by atoms with E-state index in [2.05, 4.69) is 11.3 Å². The van der Waals surface area contributed by atoms with Crippen molar-refractivity contribution in [2.75, 3.05) is 6.67 Å². The van der Waals surface area contributed by atoms with Gasteiger partial charge in [-0.05, 0) is 0 Å². The minimum Gasteiger partial charge on any atom is -0.489 e. The van der Waals surface area contributed by atoms with Crippen molar-refractivity contribution in [2.45, 2.75) is 24.6 Å². The van der Waals surface area contributed by atoms with E-state index in [0.717, 1.165) is 0 Å². The van der Waals surface area contributed by atoms with Crippen LogP contribution in [0.5, 0.6) is 0 Å². The SMILES string of the molecule is C=COC(C(F)C(F)F)C(F)(F)CF. The monoisotopic (exact) mass is 222 g/mol. The highest BCUT2D eigenvalue weighted by atomic mass is 19.3. The first-order valence-electron chi connectivity index (χ1n) is 3.49. The second-order valence-corrected chi connectivity index (χ2v) is 2.40. The standard InChI is InChI=1S/C7H8F6O/c1-2-14-5(4(9)6(10)11)7(12,13)3-8/h2,4-6H,1,3H2. The van der Waals surface area contributed by atoms with Gasteiger partial charge in [-0.25, -0.2) is 17.6 Å². The fourth-order valence-electron chi connectivity index (χ4n) is 0.719. The maximum absolute atomic E-state index is 12.5. The summed E-state index contributed by atoms with van der Waals surface area (Å²) in [5.74, 6) is -4.30. The van der Waals surface area contributed by atoms with Crippen LogP contribution >= 0.6 is 0 Å². The Morgan fingerprint density at radius 2 is 1.79 bits per heavy atom. The third-order valence-corrected chi connectivity index (χ3v) is 1.37. The van der Waals surface area contributed by atoms with Crippen LogP contribution in [0.4, 0.5) is 26.3 Å². The van der Waals surface area contributed by atoms with Crippen LogP contribution in [0.1, 0.15) is 0 Å². The summed E-state index contributed by atoms with van der Waals surface area (Å²) in [6, 6.07) is 0. The maximum Gasteiger partial charge on any atom is 0.314 e. The summed E-state index contributed by atoms with van der Waals surface area (Å²) < 4.78 is 76.5. The molecule has 0 aromatic carbocycles. The summed E-state index contributed by atoms with van der Waals surface area (Å²) >= 11 is 0. The Kier molecular flexibility index (Phi) is 4.79. The average molecular weight is 222 g/mol. The Bertz CT molecular complexity index is 183. The lowest BCUT2D eigenvalue weighted by atomic mass is 10.1. The van der Waals surface area contributed by atoms with E-state index in [1.807, 2.05) is 0 Å². The van der Waals surface area contributed by atoms with Crippen molar-refractivity contribution in [2.24, 2.45) is 0 Å². The molecule has 0 amide bonds. The van der Waals surface area contributed by atoms with Crippen LogP contribution in [0.25, 0.3) is 0 Å². The summed E-state index contributed by atoms with van der Waals surface area (Å²) in [6.07, 6.45) is -9.43. The molecule has 0 rings (SSSR count). The molecule has 0 aliphatic rings. The molecule has 0 saturated heterocycles. The molecule has 0 bridgehead atoms. The normalized spacial score (nSPS) is 16.5. The maximum atomic E-state index is 12.5. The van der Waals surface area contributed by atoms with E-state index in [1.54, 1.807) is 0 Å². The summed E-state index contributed by atoms with van der Waals surface area (Å²) in [6.45, 7) is 0.521. The lowest BCUT2D eigenvalue weighted by Crippen LogP contribution is -2.46. The predicted octanol–water partition coefficient (Wildman–Crippen LogP) is 2.72. The molecule has 0 fully saturated rings. The topological polar surface area (TPSA) is 9.23 Å². The zero-order valence-corrected chi connectivity index (χ0v) is 6.90. The first-order chi connectivity index (χ1) is 6.36. The van der Waals surface area contributed by atoms with Gasteiger partial charge in [0.1, 0.15) is 0 Å². The van der Waals surface area contributed by atoms with Crippen molar-refractivity contribution in [3.05, 3.63) is 12.8 Å². The van der Waals surface area contributed by atoms with Gasteiger partial charge in [0.2, 0.25) is 12.3 Å². The van der Waals surface area contributed by atoms with Gasteiger partial charge in [0.15, 0.2) is 6.67 Å². The summed E-state index contributed by atoms with van der Waals surface area (Å²) in [4.78, 5) is 0. The lowest BCUT2D eigenvalue weighted by molar-refractivity contribution is -0.170. The van der Waals surface area contributed by atoms with Gasteiger partial charge in [-0.3, -0.25) is 0 Å². The van der Waals surface area contributed by atoms with Crippen LogP contribution in [-0.2, 0) is 4.74 Å². The Morgan fingerprint density at radius 3 is 2.07 bits per heavy atom. The molecular weight excluding hydrogens is 214 g/mol. The van der Waals surface area contributed by atoms with Crippen LogP contribution in [0.15, 0.2) is 12.8 Å². The zero-order chi connectivity index (χ0) is 11.4. The molecule has 14 heavy (non-hydrogen) atoms. The van der Waals surface area contributed by atoms with Crippen LogP contribution in [0.3, 0.4) is 0 Å². The number of ether oxygens (including phenoxy) is 1. The highest BCUT2D eigenvalue weighted by Crippen LogP contribution is 2.29. The van der Waals surface area contributed by atoms with E-state index in [9.17, 15) is 26.3 Å². The second kappa shape index (κ2) is 5.11. The highest BCUT2D eigenvalue weighted by molar-refractivity contribution is 4.86. The average Bonchev–Trinajstić information content (AvgIpc) is 2.12. The molecule has 7 heteroatoms. The number of hydrogen-bond donors (Lipinski definition) is 0. The molecule has 0 spiro atoms. The van der Waals surface area contributed by atoms with E-state index < -0.39 is 31.3 Å². The second-order valence-electron chi connectivity index (χ2n) is 2.40. The van der Waals surface area contributed by atoms with Crippen molar-refractivity contribution in [1.82, 2.24) is 0 Å². The molecule has 0 N–H and O–H groups in total. The van der Waals surface area contributed by atoms with E-state index in [1.165, 1.54) is 0 Å². The van der Waals surface area contributed by atoms with E-state index >= 15 is 0 Å². The Labute approximate surface area is 76.3 Å². The number of halogens is 6. The lowest BCUT2D eigenvalue weighted by Gasteiger charge is -2.26. The van der Waals surface area contributed by atoms with Crippen LogP contribution in [0, 0.1) is 0 Å². The smallest absolute Gasteiger partial charge is 0.314 e. The fourth-order valence-corrected chi connectivity index (χ4v) is 0.719. The zero-order valence-electron chi connectivity index (χ0n) is 6.90. The minimum atomic E-state index is -4.30. The first kappa shape index (κ1) is 13.1.